The van der Waals surface area contributed by atoms with Gasteiger partial charge in [0.15, 0.2) is 0 Å². The van der Waals surface area contributed by atoms with Crippen molar-refractivity contribution in [1.29, 1.82) is 0 Å². The maximum absolute atomic E-state index is 13.6. The average molecular weight is 449 g/mol. The maximum Gasteiger partial charge on any atom is 0.408 e. The first-order valence-electron chi connectivity index (χ1n) is 11.6. The molecule has 0 fully saturated rings. The Bertz CT molecular complexity index is 1090. The summed E-state index contributed by atoms with van der Waals surface area (Å²) < 4.78 is 5.35. The maximum atomic E-state index is 13.6. The van der Waals surface area contributed by atoms with Crippen LogP contribution in [0.1, 0.15) is 70.1 Å². The third-order valence-electron chi connectivity index (χ3n) is 5.81. The van der Waals surface area contributed by atoms with Crippen LogP contribution in [-0.2, 0) is 16.0 Å². The van der Waals surface area contributed by atoms with Gasteiger partial charge in [-0.1, -0.05) is 36.4 Å². The van der Waals surface area contributed by atoms with E-state index in [1.54, 1.807) is 32.6 Å². The van der Waals surface area contributed by atoms with Crippen molar-refractivity contribution >= 4 is 23.3 Å². The molecule has 1 aromatic carbocycles. The molecule has 174 valence electrons. The van der Waals surface area contributed by atoms with Crippen molar-refractivity contribution in [3.8, 4) is 0 Å². The summed E-state index contributed by atoms with van der Waals surface area (Å²) >= 11 is 0. The van der Waals surface area contributed by atoms with Crippen LogP contribution >= 0.6 is 0 Å². The van der Waals surface area contributed by atoms with Gasteiger partial charge in [-0.05, 0) is 70.6 Å². The average Bonchev–Trinajstić information content (AvgIpc) is 3.27. The number of alkyl carbamates (subject to hydrolysis) is 1. The second kappa shape index (κ2) is 9.25. The van der Waals surface area contributed by atoms with Crippen LogP contribution in [0.15, 0.2) is 48.7 Å². The number of fused-ring (bicyclic) bond motifs is 1. The van der Waals surface area contributed by atoms with Crippen molar-refractivity contribution in [2.75, 3.05) is 4.90 Å². The predicted octanol–water partition coefficient (Wildman–Crippen LogP) is 5.08. The van der Waals surface area contributed by atoms with Crippen molar-refractivity contribution in [3.05, 3.63) is 65.8 Å². The van der Waals surface area contributed by atoms with Crippen LogP contribution in [0.25, 0.3) is 5.57 Å². The summed E-state index contributed by atoms with van der Waals surface area (Å²) in [7, 11) is 0. The highest BCUT2D eigenvalue weighted by atomic mass is 16.6. The van der Waals surface area contributed by atoms with E-state index in [4.69, 9.17) is 4.74 Å². The number of allylic oxidation sites excluding steroid dienone is 4. The number of anilines is 1. The van der Waals surface area contributed by atoms with Crippen molar-refractivity contribution < 1.29 is 14.3 Å². The number of aromatic amines is 1. The van der Waals surface area contributed by atoms with E-state index in [1.165, 1.54) is 0 Å². The summed E-state index contributed by atoms with van der Waals surface area (Å²) in [6.07, 6.45) is 11.3. The third-order valence-corrected chi connectivity index (χ3v) is 5.81. The lowest BCUT2D eigenvalue weighted by Gasteiger charge is -2.37. The number of amides is 2. The molecule has 1 aliphatic carbocycles. The summed E-state index contributed by atoms with van der Waals surface area (Å²) in [5.41, 5.74) is 3.39. The summed E-state index contributed by atoms with van der Waals surface area (Å²) in [6, 6.07) is 6.90. The fraction of sp³-hybridized carbons (Fsp3) is 0.423. The number of carbonyl (C=O) groups excluding carboxylic acids is 2. The second-order valence-corrected chi connectivity index (χ2v) is 9.58. The van der Waals surface area contributed by atoms with Crippen LogP contribution in [0.4, 0.5) is 10.5 Å². The highest BCUT2D eigenvalue weighted by Gasteiger charge is 2.36. The van der Waals surface area contributed by atoms with E-state index in [0.29, 0.717) is 0 Å². The second-order valence-electron chi connectivity index (χ2n) is 9.58. The van der Waals surface area contributed by atoms with Gasteiger partial charge in [0.05, 0.1) is 17.9 Å². The number of hydrogen-bond acceptors (Lipinski definition) is 4. The number of para-hydroxylation sites is 1. The number of rotatable bonds is 4. The van der Waals surface area contributed by atoms with Gasteiger partial charge in [0.25, 0.3) is 0 Å². The van der Waals surface area contributed by atoms with Gasteiger partial charge >= 0.3 is 6.09 Å². The van der Waals surface area contributed by atoms with Gasteiger partial charge in [0.2, 0.25) is 5.91 Å². The number of nitrogens with zero attached hydrogens (tertiary/aromatic N) is 2. The molecule has 33 heavy (non-hydrogen) atoms. The molecule has 2 heterocycles. The zero-order valence-corrected chi connectivity index (χ0v) is 19.7. The van der Waals surface area contributed by atoms with Crippen molar-refractivity contribution in [2.24, 2.45) is 0 Å². The molecule has 2 N–H and O–H groups in total. The molecule has 0 bridgehead atoms. The Kier molecular flexibility index (Phi) is 6.40. The molecule has 2 aromatic rings. The molecule has 4 rings (SSSR count). The molecule has 7 heteroatoms. The summed E-state index contributed by atoms with van der Waals surface area (Å²) in [4.78, 5) is 35.8. The van der Waals surface area contributed by atoms with Crippen molar-refractivity contribution in [2.45, 2.75) is 71.1 Å². The Hall–Kier alpha value is -3.35. The van der Waals surface area contributed by atoms with Crippen LogP contribution in [0.3, 0.4) is 0 Å². The lowest BCUT2D eigenvalue weighted by molar-refractivity contribution is -0.121. The van der Waals surface area contributed by atoms with E-state index < -0.39 is 17.7 Å². The molecule has 0 saturated heterocycles. The molecule has 2 atom stereocenters. The minimum atomic E-state index is -0.757. The fourth-order valence-electron chi connectivity index (χ4n) is 4.30. The smallest absolute Gasteiger partial charge is 0.408 e. The molecule has 7 nitrogen and oxygen atoms in total. The van der Waals surface area contributed by atoms with E-state index in [2.05, 4.69) is 33.5 Å². The fourth-order valence-corrected chi connectivity index (χ4v) is 4.30. The van der Waals surface area contributed by atoms with Gasteiger partial charge in [0.1, 0.15) is 17.5 Å². The van der Waals surface area contributed by atoms with Gasteiger partial charge < -0.3 is 15.0 Å². The van der Waals surface area contributed by atoms with Gasteiger partial charge in [-0.15, -0.1) is 0 Å². The topological polar surface area (TPSA) is 87.3 Å². The Morgan fingerprint density at radius 3 is 2.76 bits per heavy atom. The normalized spacial score (nSPS) is 18.8. The number of aromatic nitrogens is 2. The Morgan fingerprint density at radius 2 is 2.03 bits per heavy atom. The van der Waals surface area contributed by atoms with Gasteiger partial charge in [0, 0.05) is 5.69 Å². The zero-order valence-electron chi connectivity index (χ0n) is 19.7. The highest BCUT2D eigenvalue weighted by molar-refractivity contribution is 6.00. The molecular weight excluding hydrogens is 416 g/mol. The predicted molar refractivity (Wildman–Crippen MR) is 129 cm³/mol. The number of H-pyrrole nitrogens is 1. The first kappa shape index (κ1) is 22.8. The lowest BCUT2D eigenvalue weighted by Crippen LogP contribution is -2.50. The minimum Gasteiger partial charge on any atom is -0.444 e. The number of nitrogens with one attached hydrogen (secondary N) is 2. The molecule has 2 unspecified atom stereocenters. The number of benzene rings is 1. The zero-order chi connectivity index (χ0) is 23.6. The Labute approximate surface area is 194 Å². The van der Waals surface area contributed by atoms with E-state index >= 15 is 0 Å². The number of hydrogen-bond donors (Lipinski definition) is 2. The van der Waals surface area contributed by atoms with Crippen LogP contribution in [-0.4, -0.2) is 33.6 Å². The highest BCUT2D eigenvalue weighted by Crippen LogP contribution is 2.38. The Balaban J connectivity index is 1.61. The molecule has 2 amide bonds. The van der Waals surface area contributed by atoms with Crippen molar-refractivity contribution in [1.82, 2.24) is 15.3 Å². The molecule has 0 spiro atoms. The number of imidazole rings is 1. The molecule has 1 aliphatic heterocycles. The van der Waals surface area contributed by atoms with Crippen LogP contribution < -0.4 is 10.2 Å². The van der Waals surface area contributed by atoms with E-state index in [9.17, 15) is 9.59 Å². The van der Waals surface area contributed by atoms with E-state index in [1.807, 2.05) is 30.5 Å². The minimum absolute atomic E-state index is 0.201. The first-order valence-corrected chi connectivity index (χ1v) is 11.6. The molecule has 1 aromatic heterocycles. The molecule has 2 aliphatic rings. The summed E-state index contributed by atoms with van der Waals surface area (Å²) in [5.74, 6) is 0.546. The van der Waals surface area contributed by atoms with Gasteiger partial charge in [-0.25, -0.2) is 9.78 Å². The lowest BCUT2D eigenvalue weighted by atomic mass is 9.94. The van der Waals surface area contributed by atoms with E-state index in [0.717, 1.165) is 54.0 Å². The summed E-state index contributed by atoms with van der Waals surface area (Å²) in [5, 5.41) is 2.69. The molecule has 0 saturated carbocycles. The monoisotopic (exact) mass is 448 g/mol. The van der Waals surface area contributed by atoms with Crippen LogP contribution in [0.5, 0.6) is 0 Å². The SMILES string of the molecule is CC(NC(=O)OC(C)(C)C)C(=O)N1c2ccccc2CCC1c1ncc(C2=CCCC=C2)[nH]1. The van der Waals surface area contributed by atoms with Crippen molar-refractivity contribution in [3.63, 3.8) is 0 Å². The quantitative estimate of drug-likeness (QED) is 0.683. The van der Waals surface area contributed by atoms with E-state index in [-0.39, 0.29) is 11.9 Å². The van der Waals surface area contributed by atoms with Crippen LogP contribution in [0.2, 0.25) is 0 Å². The standard InChI is InChI=1S/C26H32N4O3/c1-17(28-25(32)33-26(2,3)4)24(31)30-21-13-9-8-12-19(21)14-15-22(30)23-27-16-20(29-23)18-10-6-5-7-11-18/h6,8-13,16-17,22H,5,7,14-15H2,1-4H3,(H,27,29)(H,28,32). The number of ether oxygens (including phenoxy) is 1. The number of aryl methyl sites for hydroxylation is 1. The first-order chi connectivity index (χ1) is 15.7. The molecule has 0 radical (unpaired) electrons. The number of carbonyl (C=O) groups is 2. The van der Waals surface area contributed by atoms with Gasteiger partial charge in [-0.2, -0.15) is 0 Å². The van der Waals surface area contributed by atoms with Gasteiger partial charge in [-0.3, -0.25) is 9.69 Å². The third kappa shape index (κ3) is 5.18. The largest absolute Gasteiger partial charge is 0.444 e. The summed E-state index contributed by atoms with van der Waals surface area (Å²) in [6.45, 7) is 7.07. The Morgan fingerprint density at radius 1 is 1.24 bits per heavy atom. The molecular formula is C26H32N4O3. The van der Waals surface area contributed by atoms with Crippen LogP contribution in [0, 0.1) is 0 Å².